The molecule has 0 bridgehead atoms. The van der Waals surface area contributed by atoms with Gasteiger partial charge < -0.3 is 9.26 Å². The van der Waals surface area contributed by atoms with E-state index >= 15 is 0 Å². The maximum Gasteiger partial charge on any atom is 0.244 e. The Bertz CT molecular complexity index is 823. The molecule has 3 atom stereocenters. The van der Waals surface area contributed by atoms with E-state index in [1.165, 1.54) is 10.5 Å². The maximum atomic E-state index is 13.1. The molecule has 128 valence electrons. The molecule has 4 heterocycles. The van der Waals surface area contributed by atoms with Crippen LogP contribution >= 0.6 is 0 Å². The van der Waals surface area contributed by atoms with Crippen molar-refractivity contribution in [1.82, 2.24) is 19.4 Å². The summed E-state index contributed by atoms with van der Waals surface area (Å²) >= 11 is 0. The molecule has 0 radical (unpaired) electrons. The highest BCUT2D eigenvalue weighted by Crippen LogP contribution is 2.38. The van der Waals surface area contributed by atoms with E-state index in [0.717, 1.165) is 0 Å². The van der Waals surface area contributed by atoms with Crippen molar-refractivity contribution >= 4 is 10.0 Å². The summed E-state index contributed by atoms with van der Waals surface area (Å²) in [7, 11) is -3.65. The Morgan fingerprint density at radius 2 is 2.25 bits per heavy atom. The Morgan fingerprint density at radius 3 is 2.96 bits per heavy atom. The van der Waals surface area contributed by atoms with Gasteiger partial charge in [-0.25, -0.2) is 8.42 Å². The van der Waals surface area contributed by atoms with Crippen LogP contribution in [0.3, 0.4) is 0 Å². The molecule has 2 aromatic heterocycles. The van der Waals surface area contributed by atoms with Crippen LogP contribution in [0.5, 0.6) is 0 Å². The number of nitrogens with zero attached hydrogens (tertiary/aromatic N) is 4. The standard InChI is InChI=1S/C15H18N4O4S/c1-10-17-15(23-18-10)11-7-14-13(4-6-22-14)19(9-11)24(20,21)12-3-2-5-16-8-12/h2-3,5,8,11,13-14H,4,6-7,9H2,1H3/t11-,13-,14-/m1/s1. The number of sulfonamides is 1. The second-order valence-corrected chi connectivity index (χ2v) is 8.03. The molecule has 0 amide bonds. The second kappa shape index (κ2) is 5.91. The highest BCUT2D eigenvalue weighted by atomic mass is 32.2. The molecule has 2 saturated heterocycles. The Labute approximate surface area is 139 Å². The van der Waals surface area contributed by atoms with E-state index < -0.39 is 10.0 Å². The SMILES string of the molecule is Cc1noc([C@@H]2C[C@H]3OCC[C@H]3N(S(=O)(=O)c3cccnc3)C2)n1. The van der Waals surface area contributed by atoms with Gasteiger partial charge in [0.15, 0.2) is 5.82 Å². The van der Waals surface area contributed by atoms with Gasteiger partial charge in [-0.3, -0.25) is 4.98 Å². The van der Waals surface area contributed by atoms with Crippen LogP contribution < -0.4 is 0 Å². The Kier molecular flexibility index (Phi) is 3.86. The first-order valence-corrected chi connectivity index (χ1v) is 9.33. The number of fused-ring (bicyclic) bond motifs is 1. The first kappa shape index (κ1) is 15.7. The lowest BCUT2D eigenvalue weighted by molar-refractivity contribution is 0.0418. The number of rotatable bonds is 3. The molecule has 8 nitrogen and oxygen atoms in total. The molecule has 2 aliphatic rings. The number of aromatic nitrogens is 3. The highest BCUT2D eigenvalue weighted by molar-refractivity contribution is 7.89. The molecule has 2 aromatic rings. The van der Waals surface area contributed by atoms with Gasteiger partial charge in [-0.1, -0.05) is 5.16 Å². The first-order chi connectivity index (χ1) is 11.6. The minimum absolute atomic E-state index is 0.151. The van der Waals surface area contributed by atoms with E-state index in [0.29, 0.717) is 37.7 Å². The number of hydrogen-bond donors (Lipinski definition) is 0. The summed E-state index contributed by atoms with van der Waals surface area (Å²) in [6.45, 7) is 2.61. The van der Waals surface area contributed by atoms with Gasteiger partial charge in [0.05, 0.1) is 18.1 Å². The number of hydrogen-bond acceptors (Lipinski definition) is 7. The van der Waals surface area contributed by atoms with Gasteiger partial charge >= 0.3 is 0 Å². The fraction of sp³-hybridized carbons (Fsp3) is 0.533. The molecule has 0 spiro atoms. The number of ether oxygens (including phenoxy) is 1. The lowest BCUT2D eigenvalue weighted by Crippen LogP contribution is -2.51. The molecule has 2 fully saturated rings. The average molecular weight is 350 g/mol. The van der Waals surface area contributed by atoms with Gasteiger partial charge in [0.2, 0.25) is 15.9 Å². The molecule has 0 saturated carbocycles. The van der Waals surface area contributed by atoms with Crippen LogP contribution in [-0.4, -0.2) is 53.1 Å². The lowest BCUT2D eigenvalue weighted by Gasteiger charge is -2.38. The minimum atomic E-state index is -3.65. The third-order valence-corrected chi connectivity index (χ3v) is 6.47. The minimum Gasteiger partial charge on any atom is -0.376 e. The van der Waals surface area contributed by atoms with Gasteiger partial charge in [-0.05, 0) is 31.9 Å². The Hall–Kier alpha value is -1.84. The molecule has 0 aliphatic carbocycles. The van der Waals surface area contributed by atoms with Crippen molar-refractivity contribution in [2.45, 2.75) is 42.7 Å². The van der Waals surface area contributed by atoms with Crippen LogP contribution in [0.4, 0.5) is 0 Å². The molecule has 0 unspecified atom stereocenters. The summed E-state index contributed by atoms with van der Waals surface area (Å²) in [4.78, 5) is 8.40. The largest absolute Gasteiger partial charge is 0.376 e. The van der Waals surface area contributed by atoms with Gasteiger partial charge in [-0.2, -0.15) is 9.29 Å². The van der Waals surface area contributed by atoms with Crippen LogP contribution in [0.2, 0.25) is 0 Å². The predicted molar refractivity (Wildman–Crippen MR) is 82.7 cm³/mol. The van der Waals surface area contributed by atoms with Crippen LogP contribution in [-0.2, 0) is 14.8 Å². The Morgan fingerprint density at radius 1 is 1.38 bits per heavy atom. The van der Waals surface area contributed by atoms with E-state index in [-0.39, 0.29) is 23.0 Å². The Balaban J connectivity index is 1.70. The average Bonchev–Trinajstić information content (AvgIpc) is 3.23. The fourth-order valence-corrected chi connectivity index (χ4v) is 5.16. The van der Waals surface area contributed by atoms with Crippen LogP contribution in [0.15, 0.2) is 33.9 Å². The van der Waals surface area contributed by atoms with Crippen LogP contribution in [0.25, 0.3) is 0 Å². The maximum absolute atomic E-state index is 13.1. The highest BCUT2D eigenvalue weighted by Gasteiger charge is 2.47. The van der Waals surface area contributed by atoms with Crippen molar-refractivity contribution in [3.63, 3.8) is 0 Å². The summed E-state index contributed by atoms with van der Waals surface area (Å²) in [6, 6.07) is 3.03. The monoisotopic (exact) mass is 350 g/mol. The lowest BCUT2D eigenvalue weighted by atomic mass is 9.92. The zero-order valence-electron chi connectivity index (χ0n) is 13.2. The molecule has 9 heteroatoms. The topological polar surface area (TPSA) is 98.4 Å². The van der Waals surface area contributed by atoms with Crippen molar-refractivity contribution in [2.24, 2.45) is 0 Å². The smallest absolute Gasteiger partial charge is 0.244 e. The van der Waals surface area contributed by atoms with Crippen molar-refractivity contribution in [2.75, 3.05) is 13.2 Å². The van der Waals surface area contributed by atoms with E-state index in [1.807, 2.05) is 0 Å². The van der Waals surface area contributed by atoms with Crippen LogP contribution in [0, 0.1) is 6.92 Å². The molecule has 24 heavy (non-hydrogen) atoms. The summed E-state index contributed by atoms with van der Waals surface area (Å²) in [5.41, 5.74) is 0. The number of piperidine rings is 1. The van der Waals surface area contributed by atoms with Gasteiger partial charge in [0.1, 0.15) is 4.90 Å². The summed E-state index contributed by atoms with van der Waals surface area (Å²) in [5.74, 6) is 0.839. The third kappa shape index (κ3) is 2.62. The van der Waals surface area contributed by atoms with Crippen molar-refractivity contribution < 1.29 is 17.7 Å². The molecule has 4 rings (SSSR count). The normalized spacial score (nSPS) is 28.0. The summed E-state index contributed by atoms with van der Waals surface area (Å²) in [5, 5.41) is 3.82. The predicted octanol–water partition coefficient (Wildman–Crippen LogP) is 1.11. The summed E-state index contributed by atoms with van der Waals surface area (Å²) < 4.78 is 38.7. The molecular formula is C15H18N4O4S. The number of aryl methyl sites for hydroxylation is 1. The van der Waals surface area contributed by atoms with Crippen molar-refractivity contribution in [1.29, 1.82) is 0 Å². The van der Waals surface area contributed by atoms with Gasteiger partial charge in [0, 0.05) is 25.5 Å². The molecule has 0 N–H and O–H groups in total. The van der Waals surface area contributed by atoms with Crippen molar-refractivity contribution in [3.05, 3.63) is 36.2 Å². The summed E-state index contributed by atoms with van der Waals surface area (Å²) in [6.07, 6.45) is 4.16. The molecular weight excluding hydrogens is 332 g/mol. The fourth-order valence-electron chi connectivity index (χ4n) is 3.47. The third-order valence-electron chi connectivity index (χ3n) is 4.60. The van der Waals surface area contributed by atoms with E-state index in [1.54, 1.807) is 25.3 Å². The molecule has 0 aromatic carbocycles. The second-order valence-electron chi connectivity index (χ2n) is 6.14. The van der Waals surface area contributed by atoms with E-state index in [9.17, 15) is 8.42 Å². The van der Waals surface area contributed by atoms with E-state index in [4.69, 9.17) is 9.26 Å². The quantitative estimate of drug-likeness (QED) is 0.817. The van der Waals surface area contributed by atoms with Crippen LogP contribution in [0.1, 0.15) is 30.5 Å². The van der Waals surface area contributed by atoms with Gasteiger partial charge in [-0.15, -0.1) is 0 Å². The number of pyridine rings is 1. The molecule has 2 aliphatic heterocycles. The van der Waals surface area contributed by atoms with E-state index in [2.05, 4.69) is 15.1 Å². The zero-order valence-corrected chi connectivity index (χ0v) is 14.0. The van der Waals surface area contributed by atoms with Crippen molar-refractivity contribution in [3.8, 4) is 0 Å². The van der Waals surface area contributed by atoms with Gasteiger partial charge in [0.25, 0.3) is 0 Å². The first-order valence-electron chi connectivity index (χ1n) is 7.89. The zero-order chi connectivity index (χ0) is 16.7.